The highest BCUT2D eigenvalue weighted by atomic mass is 16.8. The normalized spacial score (nSPS) is 13.4. The molecule has 0 heterocycles. The van der Waals surface area contributed by atoms with Gasteiger partial charge in [-0.2, -0.15) is 0 Å². The van der Waals surface area contributed by atoms with Gasteiger partial charge in [-0.15, -0.1) is 0 Å². The van der Waals surface area contributed by atoms with Crippen LogP contribution in [0, 0.1) is 0 Å². The SMILES string of the molecule is CCCOC(C=CCCCCCCCCCCCC(OCCC)OCCC)OC(C=CCCCCCCCCCCCC(OCCC)OCCC)OCCC. The van der Waals surface area contributed by atoms with E-state index in [0.29, 0.717) is 13.2 Å². The van der Waals surface area contributed by atoms with Crippen LogP contribution in [0.25, 0.3) is 0 Å². The van der Waals surface area contributed by atoms with Crippen LogP contribution in [0.5, 0.6) is 0 Å². The van der Waals surface area contributed by atoms with Gasteiger partial charge in [-0.05, 0) is 102 Å². The molecule has 0 saturated heterocycles. The summed E-state index contributed by atoms with van der Waals surface area (Å²) in [5, 5.41) is 0. The third kappa shape index (κ3) is 39.8. The first kappa shape index (κ1) is 54.2. The summed E-state index contributed by atoms with van der Waals surface area (Å²) in [7, 11) is 0. The van der Waals surface area contributed by atoms with Gasteiger partial charge in [-0.25, -0.2) is 0 Å². The van der Waals surface area contributed by atoms with Gasteiger partial charge in [0.15, 0.2) is 25.2 Å². The summed E-state index contributed by atoms with van der Waals surface area (Å²) in [4.78, 5) is 0. The molecular weight excluding hydrogens is 689 g/mol. The summed E-state index contributed by atoms with van der Waals surface area (Å²) >= 11 is 0. The van der Waals surface area contributed by atoms with Crippen LogP contribution in [-0.2, 0) is 33.2 Å². The number of unbranched alkanes of at least 4 members (excludes halogenated alkanes) is 18. The van der Waals surface area contributed by atoms with Crippen molar-refractivity contribution in [2.45, 2.75) is 246 Å². The lowest BCUT2D eigenvalue weighted by Crippen LogP contribution is -2.25. The molecule has 2 unspecified atom stereocenters. The minimum atomic E-state index is -0.372. The number of hydrogen-bond donors (Lipinski definition) is 0. The molecule has 0 bridgehead atoms. The zero-order chi connectivity index (χ0) is 40.1. The van der Waals surface area contributed by atoms with E-state index in [0.717, 1.165) is 90.6 Å². The monoisotopic (exact) mass is 783 g/mol. The van der Waals surface area contributed by atoms with Crippen LogP contribution in [0.4, 0.5) is 0 Å². The molecule has 0 amide bonds. The van der Waals surface area contributed by atoms with E-state index in [2.05, 4.69) is 65.8 Å². The van der Waals surface area contributed by atoms with Gasteiger partial charge in [-0.1, -0.05) is 144 Å². The maximum absolute atomic E-state index is 6.30. The van der Waals surface area contributed by atoms with E-state index in [-0.39, 0.29) is 25.2 Å². The van der Waals surface area contributed by atoms with Crippen molar-refractivity contribution in [1.82, 2.24) is 0 Å². The Morgan fingerprint density at radius 2 is 0.564 bits per heavy atom. The first-order chi connectivity index (χ1) is 27.1. The Balaban J connectivity index is 4.16. The Kier molecular flexibility index (Phi) is 45.2. The Morgan fingerprint density at radius 3 is 0.855 bits per heavy atom. The Labute approximate surface area is 342 Å². The Bertz CT molecular complexity index is 697. The molecule has 0 aliphatic carbocycles. The molecule has 0 N–H and O–H groups in total. The number of ether oxygens (including phenoxy) is 7. The summed E-state index contributed by atoms with van der Waals surface area (Å²) < 4.78 is 41.8. The van der Waals surface area contributed by atoms with E-state index in [1.807, 2.05) is 0 Å². The van der Waals surface area contributed by atoms with Crippen molar-refractivity contribution in [1.29, 1.82) is 0 Å². The average molecular weight is 783 g/mol. The predicted molar refractivity (Wildman–Crippen MR) is 234 cm³/mol. The fourth-order valence-corrected chi connectivity index (χ4v) is 6.34. The molecule has 2 atom stereocenters. The highest BCUT2D eigenvalue weighted by Gasteiger charge is 2.13. The number of allylic oxidation sites excluding steroid dienone is 2. The largest absolute Gasteiger partial charge is 0.353 e. The molecule has 0 aromatic rings. The van der Waals surface area contributed by atoms with Gasteiger partial charge in [-0.3, -0.25) is 0 Å². The second kappa shape index (κ2) is 45.9. The van der Waals surface area contributed by atoms with E-state index in [1.165, 1.54) is 116 Å². The fourth-order valence-electron chi connectivity index (χ4n) is 6.34. The molecule has 0 radical (unpaired) electrons. The van der Waals surface area contributed by atoms with E-state index >= 15 is 0 Å². The molecule has 328 valence electrons. The topological polar surface area (TPSA) is 64.6 Å². The van der Waals surface area contributed by atoms with E-state index in [1.54, 1.807) is 0 Å². The smallest absolute Gasteiger partial charge is 0.180 e. The zero-order valence-electron chi connectivity index (χ0n) is 37.5. The third-order valence-electron chi connectivity index (χ3n) is 9.48. The van der Waals surface area contributed by atoms with Crippen molar-refractivity contribution in [2.24, 2.45) is 0 Å². The second-order valence-corrected chi connectivity index (χ2v) is 15.3. The molecule has 0 fully saturated rings. The molecule has 0 aromatic carbocycles. The van der Waals surface area contributed by atoms with Crippen LogP contribution in [0.15, 0.2) is 24.3 Å². The lowest BCUT2D eigenvalue weighted by molar-refractivity contribution is -0.207. The van der Waals surface area contributed by atoms with Crippen molar-refractivity contribution >= 4 is 0 Å². The minimum Gasteiger partial charge on any atom is -0.353 e. The highest BCUT2D eigenvalue weighted by molar-refractivity contribution is 4.89. The maximum Gasteiger partial charge on any atom is 0.180 e. The summed E-state index contributed by atoms with van der Waals surface area (Å²) in [6, 6.07) is 0. The predicted octanol–water partition coefficient (Wildman–Crippen LogP) is 14.6. The van der Waals surface area contributed by atoms with Crippen molar-refractivity contribution in [3.8, 4) is 0 Å². The van der Waals surface area contributed by atoms with Crippen LogP contribution >= 0.6 is 0 Å². The van der Waals surface area contributed by atoms with E-state index in [4.69, 9.17) is 33.2 Å². The van der Waals surface area contributed by atoms with Gasteiger partial charge in [0, 0.05) is 39.6 Å². The fraction of sp³-hybridized carbons (Fsp3) is 0.917. The second-order valence-electron chi connectivity index (χ2n) is 15.3. The summed E-state index contributed by atoms with van der Waals surface area (Å²) in [6.07, 6.45) is 41.5. The maximum atomic E-state index is 6.30. The van der Waals surface area contributed by atoms with Gasteiger partial charge >= 0.3 is 0 Å². The molecule has 0 spiro atoms. The van der Waals surface area contributed by atoms with Crippen molar-refractivity contribution in [3.05, 3.63) is 24.3 Å². The first-order valence-corrected chi connectivity index (χ1v) is 23.8. The summed E-state index contributed by atoms with van der Waals surface area (Å²) in [5.74, 6) is 0. The highest BCUT2D eigenvalue weighted by Crippen LogP contribution is 2.17. The van der Waals surface area contributed by atoms with Crippen LogP contribution < -0.4 is 0 Å². The number of hydrogen-bond acceptors (Lipinski definition) is 7. The molecule has 7 nitrogen and oxygen atoms in total. The van der Waals surface area contributed by atoms with Gasteiger partial charge in [0.1, 0.15) is 0 Å². The first-order valence-electron chi connectivity index (χ1n) is 23.8. The quantitative estimate of drug-likeness (QED) is 0.0346. The third-order valence-corrected chi connectivity index (χ3v) is 9.48. The zero-order valence-corrected chi connectivity index (χ0v) is 37.5. The molecule has 0 rings (SSSR count). The van der Waals surface area contributed by atoms with Crippen LogP contribution in [0.2, 0.25) is 0 Å². The van der Waals surface area contributed by atoms with Gasteiger partial charge < -0.3 is 33.2 Å². The lowest BCUT2D eigenvalue weighted by Gasteiger charge is -2.21. The minimum absolute atomic E-state index is 0.00455. The van der Waals surface area contributed by atoms with Crippen molar-refractivity contribution < 1.29 is 33.2 Å². The van der Waals surface area contributed by atoms with Crippen LogP contribution in [0.1, 0.15) is 221 Å². The lowest BCUT2D eigenvalue weighted by atomic mass is 10.1. The standard InChI is InChI=1S/C48H94O7/c1-7-39-49-45(50-40-8-2)35-31-27-23-19-15-13-17-21-25-29-33-37-47(53-43-11-5)55-48(54-44-12-6)38-34-30-26-22-18-14-16-20-24-28-32-36-46(51-41-9-3)52-42-10-4/h33-34,37-38,45-48H,7-32,35-36,39-44H2,1-6H3. The number of rotatable bonds is 46. The van der Waals surface area contributed by atoms with E-state index in [9.17, 15) is 0 Å². The van der Waals surface area contributed by atoms with Crippen molar-refractivity contribution in [2.75, 3.05) is 39.6 Å². The molecule has 0 aromatic heterocycles. The molecule has 0 saturated carbocycles. The van der Waals surface area contributed by atoms with Gasteiger partial charge in [0.2, 0.25) is 0 Å². The Hall–Kier alpha value is -0.800. The van der Waals surface area contributed by atoms with Crippen molar-refractivity contribution in [3.63, 3.8) is 0 Å². The molecular formula is C48H94O7. The molecule has 0 aliphatic heterocycles. The summed E-state index contributed by atoms with van der Waals surface area (Å²) in [5.41, 5.74) is 0. The molecule has 7 heteroatoms. The van der Waals surface area contributed by atoms with Gasteiger partial charge in [0.05, 0.1) is 0 Å². The molecule has 0 aliphatic rings. The molecule has 55 heavy (non-hydrogen) atoms. The van der Waals surface area contributed by atoms with Crippen LogP contribution in [-0.4, -0.2) is 64.8 Å². The van der Waals surface area contributed by atoms with E-state index < -0.39 is 0 Å². The van der Waals surface area contributed by atoms with Crippen LogP contribution in [0.3, 0.4) is 0 Å². The Morgan fingerprint density at radius 1 is 0.309 bits per heavy atom. The summed E-state index contributed by atoms with van der Waals surface area (Å²) in [6.45, 7) is 17.4. The van der Waals surface area contributed by atoms with Gasteiger partial charge in [0.25, 0.3) is 0 Å². The average Bonchev–Trinajstić information content (AvgIpc) is 3.20.